The fraction of sp³-hybridized carbons (Fsp3) is 0. The van der Waals surface area contributed by atoms with Crippen LogP contribution in [0, 0.1) is 0 Å². The minimum absolute atomic E-state index is 1.69. The fourth-order valence-electron chi connectivity index (χ4n) is 0.101. The van der Waals surface area contributed by atoms with Crippen molar-refractivity contribution in [2.24, 2.45) is 0 Å². The first kappa shape index (κ1) is 4.23. The molecule has 0 unspecified atom stereocenters. The average Bonchev–Trinajstić information content (AvgIpc) is 1.32. The molecule has 0 aliphatic carbocycles. The fourth-order valence-corrected chi connectivity index (χ4v) is 0.303. The quantitative estimate of drug-likeness (QED) is 0.414. The number of hydrogen-bond acceptors (Lipinski definition) is 4. The van der Waals surface area contributed by atoms with Crippen molar-refractivity contribution < 1.29 is 18.7 Å². The molecule has 0 aromatic rings. The predicted molar refractivity (Wildman–Crippen MR) is 15.1 cm³/mol. The zero-order valence-electron chi connectivity index (χ0n) is 2.62. The summed E-state index contributed by atoms with van der Waals surface area (Å²) in [4.78, 5) is 7.96. The molecule has 1 heterocycles. The van der Waals surface area contributed by atoms with E-state index in [1.54, 1.807) is 5.64 Å². The molecule has 5 nitrogen and oxygen atoms in total. The lowest BCUT2D eigenvalue weighted by Gasteiger charge is -2.17. The molecule has 1 aliphatic rings. The molecule has 0 radical (unpaired) electrons. The van der Waals surface area contributed by atoms with Gasteiger partial charge in [-0.2, -0.15) is 9.25 Å². The predicted octanol–water partition coefficient (Wildman–Crippen LogP) is -0.447. The Hall–Kier alpha value is 0.0700. The molecule has 1 aliphatic heterocycles. The highest BCUT2D eigenvalue weighted by molar-refractivity contribution is 7.48. The minimum atomic E-state index is -3.58. The van der Waals surface area contributed by atoms with E-state index in [-0.39, 0.29) is 0 Å². The van der Waals surface area contributed by atoms with Crippen molar-refractivity contribution >= 4 is 7.82 Å². The van der Waals surface area contributed by atoms with Crippen LogP contribution in [-0.4, -0.2) is 4.89 Å². The van der Waals surface area contributed by atoms with Crippen LogP contribution in [-0.2, 0) is 13.8 Å². The largest absolute Gasteiger partial charge is 0.509 e. The summed E-state index contributed by atoms with van der Waals surface area (Å²) in [6.45, 7) is 0. The van der Waals surface area contributed by atoms with Gasteiger partial charge in [0, 0.05) is 0 Å². The van der Waals surface area contributed by atoms with Crippen LogP contribution in [0.3, 0.4) is 0 Å². The van der Waals surface area contributed by atoms with E-state index in [9.17, 15) is 4.57 Å². The highest BCUT2D eigenvalue weighted by atomic mass is 31.2. The topological polar surface area (TPSA) is 67.8 Å². The number of phosphoric acid groups is 1. The Morgan fingerprint density at radius 1 is 1.67 bits per heavy atom. The van der Waals surface area contributed by atoms with Crippen molar-refractivity contribution in [3.63, 3.8) is 0 Å². The Bertz CT molecular complexity index is 89.7. The monoisotopic (exact) mass is 111 g/mol. The second-order valence-electron chi connectivity index (χ2n) is 0.734. The van der Waals surface area contributed by atoms with Gasteiger partial charge in [0.1, 0.15) is 0 Å². The van der Waals surface area contributed by atoms with Gasteiger partial charge in [0.25, 0.3) is 0 Å². The molecule has 1 fully saturated rings. The maximum atomic E-state index is 9.72. The standard InChI is InChI=1S/H2NO4P/c2-6(3)4-1-5-6/h1H,(H,2,3). The number of hydrogen-bond donors (Lipinski definition) is 2. The zero-order chi connectivity index (χ0) is 4.62. The maximum Gasteiger partial charge on any atom is 0.509 e. The first-order valence-electron chi connectivity index (χ1n) is 1.16. The Morgan fingerprint density at radius 3 is 2.00 bits per heavy atom. The van der Waals surface area contributed by atoms with Crippen LogP contribution in [0.5, 0.6) is 0 Å². The van der Waals surface area contributed by atoms with E-state index >= 15 is 0 Å². The van der Waals surface area contributed by atoms with Crippen molar-refractivity contribution in [2.75, 3.05) is 0 Å². The first-order chi connectivity index (χ1) is 2.71. The van der Waals surface area contributed by atoms with Gasteiger partial charge in [0.15, 0.2) is 0 Å². The molecule has 1 saturated heterocycles. The summed E-state index contributed by atoms with van der Waals surface area (Å²) < 4.78 is 17.2. The van der Waals surface area contributed by atoms with E-state index in [0.717, 1.165) is 0 Å². The van der Waals surface area contributed by atoms with E-state index in [4.69, 9.17) is 4.89 Å². The van der Waals surface area contributed by atoms with E-state index in [0.29, 0.717) is 0 Å². The van der Waals surface area contributed by atoms with Crippen molar-refractivity contribution in [3.05, 3.63) is 0 Å². The van der Waals surface area contributed by atoms with Crippen molar-refractivity contribution in [3.8, 4) is 0 Å². The SMILES string of the molecule is O=P1(O)ONO1. The third-order valence-electron chi connectivity index (χ3n) is 0.305. The molecule has 2 N–H and O–H groups in total. The van der Waals surface area contributed by atoms with Crippen molar-refractivity contribution in [1.82, 2.24) is 5.64 Å². The van der Waals surface area contributed by atoms with Crippen molar-refractivity contribution in [1.29, 1.82) is 0 Å². The summed E-state index contributed by atoms with van der Waals surface area (Å²) in [6, 6.07) is 0. The van der Waals surface area contributed by atoms with Gasteiger partial charge in [0.05, 0.1) is 0 Å². The molecule has 0 amide bonds. The van der Waals surface area contributed by atoms with Gasteiger partial charge in [-0.25, -0.2) is 4.57 Å². The third kappa shape index (κ3) is 0.589. The van der Waals surface area contributed by atoms with Crippen LogP contribution >= 0.6 is 7.82 Å². The molecule has 36 valence electrons. The van der Waals surface area contributed by atoms with Crippen LogP contribution in [0.4, 0.5) is 0 Å². The summed E-state index contributed by atoms with van der Waals surface area (Å²) in [5.74, 6) is 0. The van der Waals surface area contributed by atoms with Crippen LogP contribution in [0.2, 0.25) is 0 Å². The van der Waals surface area contributed by atoms with Gasteiger partial charge in [-0.15, -0.1) is 0 Å². The lowest BCUT2D eigenvalue weighted by Crippen LogP contribution is -2.23. The second-order valence-corrected chi connectivity index (χ2v) is 2.04. The molecule has 0 spiro atoms. The van der Waals surface area contributed by atoms with Gasteiger partial charge in [0.2, 0.25) is 0 Å². The summed E-state index contributed by atoms with van der Waals surface area (Å²) in [5.41, 5.74) is 1.69. The van der Waals surface area contributed by atoms with Gasteiger partial charge in [-0.05, 0) is 0 Å². The second kappa shape index (κ2) is 1.02. The van der Waals surface area contributed by atoms with E-state index in [2.05, 4.69) is 9.25 Å². The van der Waals surface area contributed by atoms with E-state index in [1.807, 2.05) is 0 Å². The Morgan fingerprint density at radius 2 is 2.00 bits per heavy atom. The van der Waals surface area contributed by atoms with Crippen LogP contribution in [0.15, 0.2) is 0 Å². The van der Waals surface area contributed by atoms with Crippen LogP contribution < -0.4 is 5.64 Å². The molecule has 6 heavy (non-hydrogen) atoms. The molecule has 0 aromatic heterocycles. The highest BCUT2D eigenvalue weighted by Gasteiger charge is 2.31. The lowest BCUT2D eigenvalue weighted by molar-refractivity contribution is -0.144. The smallest absolute Gasteiger partial charge is 0.300 e. The normalized spacial score (nSPS) is 28.8. The van der Waals surface area contributed by atoms with Gasteiger partial charge >= 0.3 is 7.82 Å². The Kier molecular flexibility index (Phi) is 0.721. The summed E-state index contributed by atoms with van der Waals surface area (Å²) >= 11 is 0. The molecule has 0 atom stereocenters. The minimum Gasteiger partial charge on any atom is -0.300 e. The van der Waals surface area contributed by atoms with Crippen LogP contribution in [0.25, 0.3) is 0 Å². The van der Waals surface area contributed by atoms with Crippen LogP contribution in [0.1, 0.15) is 0 Å². The zero-order valence-corrected chi connectivity index (χ0v) is 3.51. The number of rotatable bonds is 0. The maximum absolute atomic E-state index is 9.72. The Labute approximate surface area is 33.4 Å². The lowest BCUT2D eigenvalue weighted by atomic mass is 13.2. The van der Waals surface area contributed by atoms with E-state index in [1.165, 1.54) is 0 Å². The van der Waals surface area contributed by atoms with Gasteiger partial charge in [-0.1, -0.05) is 5.64 Å². The highest BCUT2D eigenvalue weighted by Crippen LogP contribution is 2.47. The molecule has 1 rings (SSSR count). The molecular formula is H2NO4P. The van der Waals surface area contributed by atoms with Gasteiger partial charge < -0.3 is 4.89 Å². The number of nitrogens with one attached hydrogen (secondary N) is 1. The van der Waals surface area contributed by atoms with E-state index < -0.39 is 7.82 Å². The third-order valence-corrected chi connectivity index (χ3v) is 0.916. The molecule has 6 heteroatoms. The summed E-state index contributed by atoms with van der Waals surface area (Å²) in [7, 11) is -3.58. The molecule has 0 saturated carbocycles. The summed E-state index contributed by atoms with van der Waals surface area (Å²) in [5, 5.41) is 0. The summed E-state index contributed by atoms with van der Waals surface area (Å²) in [6.07, 6.45) is 0. The van der Waals surface area contributed by atoms with Gasteiger partial charge in [-0.3, -0.25) is 0 Å². The molecule has 0 bridgehead atoms. The van der Waals surface area contributed by atoms with Crippen molar-refractivity contribution in [2.45, 2.75) is 0 Å². The Balaban J connectivity index is 2.53. The average molecular weight is 111 g/mol. The first-order valence-corrected chi connectivity index (χ1v) is 2.65. The molecular weight excluding hydrogens is 109 g/mol. The molecule has 0 aromatic carbocycles.